The third kappa shape index (κ3) is 6.23. The van der Waals surface area contributed by atoms with Gasteiger partial charge in [-0.15, -0.1) is 0 Å². The van der Waals surface area contributed by atoms with Gasteiger partial charge in [-0.3, -0.25) is 4.79 Å². The zero-order valence-corrected chi connectivity index (χ0v) is 13.2. The summed E-state index contributed by atoms with van der Waals surface area (Å²) < 4.78 is 0. The minimum atomic E-state index is 0.137. The minimum Gasteiger partial charge on any atom is -0.326 e. The van der Waals surface area contributed by atoms with Gasteiger partial charge in [0.05, 0.1) is 0 Å². The van der Waals surface area contributed by atoms with Crippen LogP contribution in [0.15, 0.2) is 24.3 Å². The van der Waals surface area contributed by atoms with E-state index in [-0.39, 0.29) is 5.91 Å². The van der Waals surface area contributed by atoms with E-state index >= 15 is 0 Å². The molecule has 0 saturated carbocycles. The normalized spacial score (nSPS) is 12.2. The summed E-state index contributed by atoms with van der Waals surface area (Å²) in [6.45, 7) is 6.62. The van der Waals surface area contributed by atoms with Crippen LogP contribution in [0.3, 0.4) is 0 Å². The van der Waals surface area contributed by atoms with Gasteiger partial charge in [-0.05, 0) is 36.5 Å². The SMILES string of the molecule is CCCCCCCC(=O)Nc1ccc(C(C)CC)cc1. The number of carbonyl (C=O) groups is 1. The van der Waals surface area contributed by atoms with Crippen LogP contribution in [0.5, 0.6) is 0 Å². The fourth-order valence-electron chi connectivity index (χ4n) is 2.24. The van der Waals surface area contributed by atoms with E-state index in [0.29, 0.717) is 12.3 Å². The number of benzene rings is 1. The molecular weight excluding hydrogens is 246 g/mol. The Kier molecular flexibility index (Phi) is 8.01. The van der Waals surface area contributed by atoms with Crippen molar-refractivity contribution in [2.75, 3.05) is 5.32 Å². The van der Waals surface area contributed by atoms with Crippen molar-refractivity contribution in [3.8, 4) is 0 Å². The predicted molar refractivity (Wildman–Crippen MR) is 87.2 cm³/mol. The van der Waals surface area contributed by atoms with Gasteiger partial charge in [0.25, 0.3) is 0 Å². The second kappa shape index (κ2) is 9.57. The molecule has 0 heterocycles. The summed E-state index contributed by atoms with van der Waals surface area (Å²) >= 11 is 0. The van der Waals surface area contributed by atoms with Crippen LogP contribution in [0.2, 0.25) is 0 Å². The topological polar surface area (TPSA) is 29.1 Å². The maximum absolute atomic E-state index is 11.8. The Morgan fingerprint density at radius 2 is 1.70 bits per heavy atom. The maximum Gasteiger partial charge on any atom is 0.224 e. The number of carbonyl (C=O) groups excluding carboxylic acids is 1. The predicted octanol–water partition coefficient (Wildman–Crippen LogP) is 5.50. The summed E-state index contributed by atoms with van der Waals surface area (Å²) in [6.07, 6.45) is 7.70. The molecule has 0 aliphatic heterocycles. The molecule has 1 rings (SSSR count). The Balaban J connectivity index is 2.31. The van der Waals surface area contributed by atoms with Gasteiger partial charge >= 0.3 is 0 Å². The van der Waals surface area contributed by atoms with Gasteiger partial charge in [-0.25, -0.2) is 0 Å². The van der Waals surface area contributed by atoms with E-state index in [1.807, 2.05) is 12.1 Å². The molecule has 112 valence electrons. The molecule has 0 bridgehead atoms. The quantitative estimate of drug-likeness (QED) is 0.592. The van der Waals surface area contributed by atoms with E-state index in [1.165, 1.54) is 24.8 Å². The van der Waals surface area contributed by atoms with E-state index in [9.17, 15) is 4.79 Å². The molecule has 2 heteroatoms. The standard InChI is InChI=1S/C18H29NO/c1-4-6-7-8-9-10-18(20)19-17-13-11-16(12-14-17)15(3)5-2/h11-15H,4-10H2,1-3H3,(H,19,20). The second-order valence-electron chi connectivity index (χ2n) is 5.64. The number of nitrogens with one attached hydrogen (secondary N) is 1. The lowest BCUT2D eigenvalue weighted by Gasteiger charge is -2.10. The molecule has 0 aromatic heterocycles. The Labute approximate surface area is 124 Å². The van der Waals surface area contributed by atoms with Crippen LogP contribution in [0.1, 0.15) is 77.2 Å². The van der Waals surface area contributed by atoms with Gasteiger partial charge < -0.3 is 5.32 Å². The highest BCUT2D eigenvalue weighted by Crippen LogP contribution is 2.20. The van der Waals surface area contributed by atoms with E-state index in [2.05, 4.69) is 38.2 Å². The first kappa shape index (κ1) is 16.7. The number of unbranched alkanes of at least 4 members (excludes halogenated alkanes) is 4. The Hall–Kier alpha value is -1.31. The average molecular weight is 275 g/mol. The number of hydrogen-bond acceptors (Lipinski definition) is 1. The van der Waals surface area contributed by atoms with E-state index in [0.717, 1.165) is 24.9 Å². The Morgan fingerprint density at radius 1 is 1.05 bits per heavy atom. The first-order chi connectivity index (χ1) is 9.67. The number of hydrogen-bond donors (Lipinski definition) is 1. The fraction of sp³-hybridized carbons (Fsp3) is 0.611. The molecule has 0 spiro atoms. The molecule has 1 unspecified atom stereocenters. The van der Waals surface area contributed by atoms with Crippen LogP contribution < -0.4 is 5.32 Å². The molecule has 1 N–H and O–H groups in total. The van der Waals surface area contributed by atoms with E-state index in [4.69, 9.17) is 0 Å². The van der Waals surface area contributed by atoms with E-state index in [1.54, 1.807) is 0 Å². The summed E-state index contributed by atoms with van der Waals surface area (Å²) in [5.41, 5.74) is 2.25. The maximum atomic E-state index is 11.8. The molecule has 1 atom stereocenters. The number of amides is 1. The lowest BCUT2D eigenvalue weighted by atomic mass is 9.98. The third-order valence-electron chi connectivity index (χ3n) is 3.88. The molecule has 0 aliphatic rings. The highest BCUT2D eigenvalue weighted by molar-refractivity contribution is 5.90. The Bertz CT molecular complexity index is 383. The molecule has 1 amide bonds. The van der Waals surface area contributed by atoms with Crippen LogP contribution >= 0.6 is 0 Å². The second-order valence-corrected chi connectivity index (χ2v) is 5.64. The highest BCUT2D eigenvalue weighted by atomic mass is 16.1. The molecule has 0 saturated heterocycles. The molecule has 2 nitrogen and oxygen atoms in total. The van der Waals surface area contributed by atoms with Crippen molar-refractivity contribution < 1.29 is 4.79 Å². The largest absolute Gasteiger partial charge is 0.326 e. The van der Waals surface area contributed by atoms with Gasteiger partial charge in [0, 0.05) is 12.1 Å². The number of anilines is 1. The van der Waals surface area contributed by atoms with Gasteiger partial charge in [0.1, 0.15) is 0 Å². The van der Waals surface area contributed by atoms with Crippen LogP contribution in [-0.2, 0) is 4.79 Å². The molecule has 20 heavy (non-hydrogen) atoms. The van der Waals surface area contributed by atoms with Crippen molar-refractivity contribution in [2.45, 2.75) is 71.6 Å². The first-order valence-electron chi connectivity index (χ1n) is 8.07. The Morgan fingerprint density at radius 3 is 2.30 bits per heavy atom. The molecule has 1 aromatic rings. The average Bonchev–Trinajstić information content (AvgIpc) is 2.47. The molecule has 0 aliphatic carbocycles. The van der Waals surface area contributed by atoms with E-state index < -0.39 is 0 Å². The molecule has 1 aromatic carbocycles. The van der Waals surface area contributed by atoms with Crippen molar-refractivity contribution in [1.29, 1.82) is 0 Å². The van der Waals surface area contributed by atoms with Crippen LogP contribution in [0.4, 0.5) is 5.69 Å². The van der Waals surface area contributed by atoms with Crippen LogP contribution in [-0.4, -0.2) is 5.91 Å². The molecular formula is C18H29NO. The van der Waals surface area contributed by atoms with Gasteiger partial charge in [0.15, 0.2) is 0 Å². The fourth-order valence-corrected chi connectivity index (χ4v) is 2.24. The van der Waals surface area contributed by atoms with Gasteiger partial charge in [0.2, 0.25) is 5.91 Å². The van der Waals surface area contributed by atoms with Gasteiger partial charge in [-0.2, -0.15) is 0 Å². The smallest absolute Gasteiger partial charge is 0.224 e. The summed E-state index contributed by atoms with van der Waals surface area (Å²) in [6, 6.07) is 8.25. The first-order valence-corrected chi connectivity index (χ1v) is 8.07. The summed E-state index contributed by atoms with van der Waals surface area (Å²) in [4.78, 5) is 11.8. The zero-order chi connectivity index (χ0) is 14.8. The zero-order valence-electron chi connectivity index (χ0n) is 13.2. The molecule has 0 fully saturated rings. The summed E-state index contributed by atoms with van der Waals surface area (Å²) in [5.74, 6) is 0.719. The highest BCUT2D eigenvalue weighted by Gasteiger charge is 2.05. The van der Waals surface area contributed by atoms with Crippen molar-refractivity contribution in [3.63, 3.8) is 0 Å². The third-order valence-corrected chi connectivity index (χ3v) is 3.88. The van der Waals surface area contributed by atoms with Crippen molar-refractivity contribution in [3.05, 3.63) is 29.8 Å². The van der Waals surface area contributed by atoms with Crippen molar-refractivity contribution in [2.24, 2.45) is 0 Å². The monoisotopic (exact) mass is 275 g/mol. The number of rotatable bonds is 9. The minimum absolute atomic E-state index is 0.137. The molecule has 0 radical (unpaired) electrons. The van der Waals surface area contributed by atoms with Crippen LogP contribution in [0, 0.1) is 0 Å². The van der Waals surface area contributed by atoms with Gasteiger partial charge in [-0.1, -0.05) is 58.6 Å². The lowest BCUT2D eigenvalue weighted by Crippen LogP contribution is -2.11. The van der Waals surface area contributed by atoms with Crippen molar-refractivity contribution in [1.82, 2.24) is 0 Å². The summed E-state index contributed by atoms with van der Waals surface area (Å²) in [5, 5.41) is 2.98. The summed E-state index contributed by atoms with van der Waals surface area (Å²) in [7, 11) is 0. The lowest BCUT2D eigenvalue weighted by molar-refractivity contribution is -0.116. The van der Waals surface area contributed by atoms with Crippen LogP contribution in [0.25, 0.3) is 0 Å². The van der Waals surface area contributed by atoms with Crippen molar-refractivity contribution >= 4 is 11.6 Å².